The van der Waals surface area contributed by atoms with Crippen LogP contribution in [0.4, 0.5) is 0 Å². The molecule has 0 atom stereocenters. The van der Waals surface area contributed by atoms with Crippen molar-refractivity contribution < 1.29 is 14.3 Å². The second-order valence-corrected chi connectivity index (χ2v) is 7.61. The van der Waals surface area contributed by atoms with Gasteiger partial charge in [0.05, 0.1) is 6.54 Å². The molecule has 1 N–H and O–H groups in total. The molecule has 3 aromatic rings. The largest absolute Gasteiger partial charge is 0.454 e. The van der Waals surface area contributed by atoms with Crippen molar-refractivity contribution in [2.75, 3.05) is 6.79 Å². The second kappa shape index (κ2) is 8.57. The molecule has 0 saturated heterocycles. The number of carbonyl (C=O) groups is 1. The zero-order chi connectivity index (χ0) is 20.2. The predicted molar refractivity (Wildman–Crippen MR) is 110 cm³/mol. The normalized spacial score (nSPS) is 12.2. The molecule has 150 valence electrons. The second-order valence-electron chi connectivity index (χ2n) is 6.67. The van der Waals surface area contributed by atoms with E-state index in [1.165, 1.54) is 11.1 Å². The lowest BCUT2D eigenvalue weighted by atomic mass is 10.2. The third-order valence-corrected chi connectivity index (χ3v) is 5.68. The van der Waals surface area contributed by atoms with E-state index in [1.54, 1.807) is 30.0 Å². The predicted octanol–water partition coefficient (Wildman–Crippen LogP) is 3.56. The molecule has 2 heterocycles. The molecule has 2 aromatic carbocycles. The van der Waals surface area contributed by atoms with Gasteiger partial charge in [0.15, 0.2) is 22.5 Å². The molecule has 0 unspecified atom stereocenters. The fraction of sp³-hybridized carbons (Fsp3) is 0.286. The van der Waals surface area contributed by atoms with E-state index in [0.29, 0.717) is 23.6 Å². The SMILES string of the molecule is CCn1c(CNC(=O)c2ccc3c(c2)OCO3)nnc1SCc1ccc(C)cc1. The third kappa shape index (κ3) is 4.37. The first-order valence-electron chi connectivity index (χ1n) is 9.42. The van der Waals surface area contributed by atoms with Gasteiger partial charge in [-0.05, 0) is 37.6 Å². The highest BCUT2D eigenvalue weighted by Crippen LogP contribution is 2.32. The molecule has 1 aromatic heterocycles. The Hall–Kier alpha value is -3.00. The van der Waals surface area contributed by atoms with Gasteiger partial charge in [0.25, 0.3) is 5.91 Å². The van der Waals surface area contributed by atoms with E-state index >= 15 is 0 Å². The standard InChI is InChI=1S/C21H22N4O3S/c1-3-25-19(23-24-21(25)29-12-15-6-4-14(2)5-7-15)11-22-20(26)16-8-9-17-18(10-16)28-13-27-17/h4-10H,3,11-13H2,1-2H3,(H,22,26). The molecule has 29 heavy (non-hydrogen) atoms. The maximum Gasteiger partial charge on any atom is 0.251 e. The molecule has 0 aliphatic carbocycles. The van der Waals surface area contributed by atoms with Crippen molar-refractivity contribution in [3.63, 3.8) is 0 Å². The number of aryl methyl sites for hydroxylation is 1. The molecule has 1 aliphatic heterocycles. The minimum Gasteiger partial charge on any atom is -0.454 e. The average Bonchev–Trinajstić information content (AvgIpc) is 3.37. The summed E-state index contributed by atoms with van der Waals surface area (Å²) in [5.41, 5.74) is 3.01. The van der Waals surface area contributed by atoms with Crippen LogP contribution in [0, 0.1) is 6.92 Å². The van der Waals surface area contributed by atoms with E-state index in [1.807, 2.05) is 11.5 Å². The quantitative estimate of drug-likeness (QED) is 0.600. The maximum absolute atomic E-state index is 12.5. The lowest BCUT2D eigenvalue weighted by molar-refractivity contribution is 0.0949. The Balaban J connectivity index is 1.38. The highest BCUT2D eigenvalue weighted by molar-refractivity contribution is 7.98. The van der Waals surface area contributed by atoms with Crippen LogP contribution in [-0.2, 0) is 18.8 Å². The number of aromatic nitrogens is 3. The summed E-state index contributed by atoms with van der Waals surface area (Å²) in [6.45, 7) is 5.35. The summed E-state index contributed by atoms with van der Waals surface area (Å²) in [6.07, 6.45) is 0. The van der Waals surface area contributed by atoms with E-state index in [0.717, 1.165) is 23.3 Å². The molecular weight excluding hydrogens is 388 g/mol. The molecule has 0 fully saturated rings. The van der Waals surface area contributed by atoms with E-state index in [9.17, 15) is 4.79 Å². The van der Waals surface area contributed by atoms with Gasteiger partial charge in [0.1, 0.15) is 0 Å². The summed E-state index contributed by atoms with van der Waals surface area (Å²) in [6, 6.07) is 13.6. The maximum atomic E-state index is 12.5. The average molecular weight is 410 g/mol. The van der Waals surface area contributed by atoms with Crippen molar-refractivity contribution >= 4 is 17.7 Å². The number of hydrogen-bond acceptors (Lipinski definition) is 6. The number of rotatable bonds is 7. The molecule has 8 heteroatoms. The first-order valence-corrected chi connectivity index (χ1v) is 10.4. The van der Waals surface area contributed by atoms with Crippen LogP contribution in [0.3, 0.4) is 0 Å². The van der Waals surface area contributed by atoms with E-state index in [-0.39, 0.29) is 12.7 Å². The van der Waals surface area contributed by atoms with Crippen LogP contribution < -0.4 is 14.8 Å². The minimum absolute atomic E-state index is 0.184. The third-order valence-electron chi connectivity index (χ3n) is 4.64. The summed E-state index contributed by atoms with van der Waals surface area (Å²) >= 11 is 1.64. The summed E-state index contributed by atoms with van der Waals surface area (Å²) in [5, 5.41) is 12.3. The first kappa shape index (κ1) is 19.3. The van der Waals surface area contributed by atoms with E-state index in [4.69, 9.17) is 9.47 Å². The zero-order valence-corrected chi connectivity index (χ0v) is 17.2. The molecule has 0 bridgehead atoms. The molecule has 7 nitrogen and oxygen atoms in total. The number of hydrogen-bond donors (Lipinski definition) is 1. The number of benzene rings is 2. The highest BCUT2D eigenvalue weighted by Gasteiger charge is 2.17. The van der Waals surface area contributed by atoms with Crippen molar-refractivity contribution in [2.45, 2.75) is 37.8 Å². The van der Waals surface area contributed by atoms with Crippen molar-refractivity contribution in [3.8, 4) is 11.5 Å². The Labute approximate surface area is 173 Å². The van der Waals surface area contributed by atoms with E-state index < -0.39 is 0 Å². The number of ether oxygens (including phenoxy) is 2. The number of fused-ring (bicyclic) bond motifs is 1. The number of nitrogens with zero attached hydrogens (tertiary/aromatic N) is 3. The summed E-state index contributed by atoms with van der Waals surface area (Å²) in [4.78, 5) is 12.5. The first-order chi connectivity index (χ1) is 14.1. The van der Waals surface area contributed by atoms with Crippen molar-refractivity contribution in [3.05, 3.63) is 65.0 Å². The lowest BCUT2D eigenvalue weighted by Gasteiger charge is -2.09. The van der Waals surface area contributed by atoms with E-state index in [2.05, 4.69) is 46.7 Å². The molecular formula is C21H22N4O3S. The summed E-state index contributed by atoms with van der Waals surface area (Å²) < 4.78 is 12.6. The van der Waals surface area contributed by atoms with Gasteiger partial charge in [-0.1, -0.05) is 41.6 Å². The van der Waals surface area contributed by atoms with Gasteiger partial charge < -0.3 is 19.4 Å². The highest BCUT2D eigenvalue weighted by atomic mass is 32.2. The molecule has 0 saturated carbocycles. The number of nitrogens with one attached hydrogen (secondary N) is 1. The van der Waals surface area contributed by atoms with Crippen LogP contribution in [-0.4, -0.2) is 27.5 Å². The topological polar surface area (TPSA) is 78.3 Å². The number of amides is 1. The van der Waals surface area contributed by atoms with Crippen molar-refractivity contribution in [1.29, 1.82) is 0 Å². The molecule has 0 spiro atoms. The molecule has 0 radical (unpaired) electrons. The molecule has 1 amide bonds. The Morgan fingerprint density at radius 3 is 2.72 bits per heavy atom. The van der Waals surface area contributed by atoms with Crippen LogP contribution in [0.5, 0.6) is 11.5 Å². The monoisotopic (exact) mass is 410 g/mol. The van der Waals surface area contributed by atoms with Crippen LogP contribution in [0.15, 0.2) is 47.6 Å². The van der Waals surface area contributed by atoms with Gasteiger partial charge >= 0.3 is 0 Å². The Morgan fingerprint density at radius 2 is 1.93 bits per heavy atom. The Morgan fingerprint density at radius 1 is 1.14 bits per heavy atom. The van der Waals surface area contributed by atoms with Crippen LogP contribution >= 0.6 is 11.8 Å². The summed E-state index contributed by atoms with van der Waals surface area (Å²) in [7, 11) is 0. The molecule has 1 aliphatic rings. The van der Waals surface area contributed by atoms with Gasteiger partial charge in [0, 0.05) is 17.9 Å². The van der Waals surface area contributed by atoms with Gasteiger partial charge in [-0.3, -0.25) is 4.79 Å². The zero-order valence-electron chi connectivity index (χ0n) is 16.3. The van der Waals surface area contributed by atoms with Gasteiger partial charge in [0.2, 0.25) is 6.79 Å². The van der Waals surface area contributed by atoms with Gasteiger partial charge in [-0.15, -0.1) is 10.2 Å². The Kier molecular flexibility index (Phi) is 5.71. The van der Waals surface area contributed by atoms with Crippen molar-refractivity contribution in [1.82, 2.24) is 20.1 Å². The van der Waals surface area contributed by atoms with Crippen LogP contribution in [0.2, 0.25) is 0 Å². The fourth-order valence-corrected chi connectivity index (χ4v) is 3.98. The smallest absolute Gasteiger partial charge is 0.251 e. The van der Waals surface area contributed by atoms with Crippen LogP contribution in [0.1, 0.15) is 34.2 Å². The van der Waals surface area contributed by atoms with Gasteiger partial charge in [-0.2, -0.15) is 0 Å². The number of thioether (sulfide) groups is 1. The van der Waals surface area contributed by atoms with Crippen LogP contribution in [0.25, 0.3) is 0 Å². The summed E-state index contributed by atoms with van der Waals surface area (Å²) in [5.74, 6) is 2.60. The molecule has 4 rings (SSSR count). The minimum atomic E-state index is -0.192. The lowest BCUT2D eigenvalue weighted by Crippen LogP contribution is -2.24. The fourth-order valence-electron chi connectivity index (χ4n) is 3.01. The van der Waals surface area contributed by atoms with Crippen molar-refractivity contribution in [2.24, 2.45) is 0 Å². The Bertz CT molecular complexity index is 1020. The van der Waals surface area contributed by atoms with Gasteiger partial charge in [-0.25, -0.2) is 0 Å². The number of carbonyl (C=O) groups excluding carboxylic acids is 1.